The van der Waals surface area contributed by atoms with E-state index in [-0.39, 0.29) is 12.4 Å². The van der Waals surface area contributed by atoms with E-state index in [1.165, 1.54) is 6.42 Å². The van der Waals surface area contributed by atoms with E-state index in [1.54, 1.807) is 7.11 Å². The highest BCUT2D eigenvalue weighted by Crippen LogP contribution is 2.16. The van der Waals surface area contributed by atoms with Crippen LogP contribution in [0.25, 0.3) is 0 Å². The van der Waals surface area contributed by atoms with Crippen LogP contribution in [0.4, 0.5) is 0 Å². The van der Waals surface area contributed by atoms with Gasteiger partial charge in [-0.3, -0.25) is 4.79 Å². The van der Waals surface area contributed by atoms with Gasteiger partial charge < -0.3 is 15.0 Å². The Morgan fingerprint density at radius 1 is 1.35 bits per heavy atom. The first-order valence-electron chi connectivity index (χ1n) is 6.33. The highest BCUT2D eigenvalue weighted by molar-refractivity contribution is 5.85. The molecule has 0 bridgehead atoms. The van der Waals surface area contributed by atoms with Gasteiger partial charge in [0.1, 0.15) is 0 Å². The molecule has 1 unspecified atom stereocenters. The number of piperidine rings is 1. The Morgan fingerprint density at radius 3 is 2.59 bits per heavy atom. The van der Waals surface area contributed by atoms with Gasteiger partial charge in [0.25, 0.3) is 0 Å². The van der Waals surface area contributed by atoms with E-state index in [0.717, 1.165) is 38.9 Å². The number of hydrogen-bond donors (Lipinski definition) is 1. The van der Waals surface area contributed by atoms with Crippen molar-refractivity contribution in [3.05, 3.63) is 0 Å². The van der Waals surface area contributed by atoms with Crippen molar-refractivity contribution in [2.75, 3.05) is 26.7 Å². The minimum atomic E-state index is 0. The van der Waals surface area contributed by atoms with Crippen LogP contribution < -0.4 is 5.32 Å². The number of carbonyl (C=O) groups is 1. The van der Waals surface area contributed by atoms with Crippen LogP contribution in [0.3, 0.4) is 0 Å². The third kappa shape index (κ3) is 4.12. The molecule has 0 radical (unpaired) electrons. The molecule has 1 amide bonds. The summed E-state index contributed by atoms with van der Waals surface area (Å²) in [5.74, 6) is 0.314. The van der Waals surface area contributed by atoms with Crippen LogP contribution in [0.15, 0.2) is 0 Å². The average Bonchev–Trinajstić information content (AvgIpc) is 2.82. The van der Waals surface area contributed by atoms with Gasteiger partial charge in [-0.15, -0.1) is 12.4 Å². The molecule has 0 saturated carbocycles. The predicted octanol–water partition coefficient (Wildman–Crippen LogP) is 1.19. The first-order valence-corrected chi connectivity index (χ1v) is 6.33. The summed E-state index contributed by atoms with van der Waals surface area (Å²) in [5, 5.41) is 3.37. The Labute approximate surface area is 109 Å². The summed E-state index contributed by atoms with van der Waals surface area (Å²) in [6, 6.07) is 0.424. The average molecular weight is 263 g/mol. The number of nitrogens with one attached hydrogen (secondary N) is 1. The summed E-state index contributed by atoms with van der Waals surface area (Å²) in [6.07, 6.45) is 5.37. The number of carbonyl (C=O) groups excluding carboxylic acids is 1. The van der Waals surface area contributed by atoms with Crippen LogP contribution in [-0.2, 0) is 9.53 Å². The van der Waals surface area contributed by atoms with Crippen LogP contribution in [0.2, 0.25) is 0 Å². The van der Waals surface area contributed by atoms with Crippen molar-refractivity contribution in [3.63, 3.8) is 0 Å². The van der Waals surface area contributed by atoms with Crippen LogP contribution in [0.1, 0.15) is 32.1 Å². The number of hydrogen-bond acceptors (Lipinski definition) is 3. The highest BCUT2D eigenvalue weighted by atomic mass is 35.5. The molecule has 2 fully saturated rings. The van der Waals surface area contributed by atoms with Gasteiger partial charge in [0.15, 0.2) is 0 Å². The minimum Gasteiger partial charge on any atom is -0.381 e. The van der Waals surface area contributed by atoms with Gasteiger partial charge >= 0.3 is 0 Å². The third-order valence-electron chi connectivity index (χ3n) is 3.71. The van der Waals surface area contributed by atoms with Gasteiger partial charge in [-0.25, -0.2) is 0 Å². The van der Waals surface area contributed by atoms with Gasteiger partial charge in [0, 0.05) is 32.7 Å². The fourth-order valence-corrected chi connectivity index (χ4v) is 2.61. The Kier molecular flexibility index (Phi) is 6.23. The number of ether oxygens (including phenoxy) is 1. The quantitative estimate of drug-likeness (QED) is 0.831. The molecule has 0 spiro atoms. The van der Waals surface area contributed by atoms with Gasteiger partial charge in [0.05, 0.1) is 6.10 Å². The second-order valence-electron chi connectivity index (χ2n) is 4.81. The summed E-state index contributed by atoms with van der Waals surface area (Å²) in [5.41, 5.74) is 0. The molecule has 4 nitrogen and oxygen atoms in total. The Balaban J connectivity index is 0.00000144. The molecule has 1 N–H and O–H groups in total. The first kappa shape index (κ1) is 14.7. The van der Waals surface area contributed by atoms with Crippen LogP contribution >= 0.6 is 12.4 Å². The maximum absolute atomic E-state index is 12.0. The van der Waals surface area contributed by atoms with Gasteiger partial charge in [-0.05, 0) is 32.2 Å². The molecule has 2 aliphatic heterocycles. The molecule has 5 heteroatoms. The number of likely N-dealkylation sites (tertiary alicyclic amines) is 1. The predicted molar refractivity (Wildman–Crippen MR) is 69.5 cm³/mol. The van der Waals surface area contributed by atoms with E-state index in [4.69, 9.17) is 4.74 Å². The van der Waals surface area contributed by atoms with E-state index in [2.05, 4.69) is 5.32 Å². The zero-order valence-corrected chi connectivity index (χ0v) is 11.3. The summed E-state index contributed by atoms with van der Waals surface area (Å²) in [7, 11) is 1.75. The summed E-state index contributed by atoms with van der Waals surface area (Å²) >= 11 is 0. The fraction of sp³-hybridized carbons (Fsp3) is 0.917. The second-order valence-corrected chi connectivity index (χ2v) is 4.81. The van der Waals surface area contributed by atoms with Crippen molar-refractivity contribution >= 4 is 18.3 Å². The molecule has 2 rings (SSSR count). The summed E-state index contributed by atoms with van der Waals surface area (Å²) < 4.78 is 5.30. The number of halogens is 1. The summed E-state index contributed by atoms with van der Waals surface area (Å²) in [4.78, 5) is 14.0. The van der Waals surface area contributed by atoms with Crippen molar-refractivity contribution in [2.45, 2.75) is 44.2 Å². The molecule has 2 heterocycles. The van der Waals surface area contributed by atoms with Crippen molar-refractivity contribution in [1.82, 2.24) is 10.2 Å². The molecule has 0 aromatic carbocycles. The first-order chi connectivity index (χ1) is 7.79. The molecular formula is C12H23ClN2O2. The van der Waals surface area contributed by atoms with Crippen LogP contribution in [-0.4, -0.2) is 49.7 Å². The normalized spacial score (nSPS) is 25.7. The van der Waals surface area contributed by atoms with E-state index >= 15 is 0 Å². The lowest BCUT2D eigenvalue weighted by Crippen LogP contribution is -2.42. The Bertz CT molecular complexity index is 237. The molecule has 0 aliphatic carbocycles. The lowest BCUT2D eigenvalue weighted by atomic mass is 10.1. The van der Waals surface area contributed by atoms with Crippen molar-refractivity contribution in [3.8, 4) is 0 Å². The highest BCUT2D eigenvalue weighted by Gasteiger charge is 2.25. The lowest BCUT2D eigenvalue weighted by Gasteiger charge is -2.31. The van der Waals surface area contributed by atoms with E-state index in [9.17, 15) is 4.79 Å². The van der Waals surface area contributed by atoms with E-state index in [1.807, 2.05) is 4.90 Å². The second kappa shape index (κ2) is 7.19. The number of amides is 1. The molecule has 1 atom stereocenters. The molecule has 2 saturated heterocycles. The maximum atomic E-state index is 12.0. The lowest BCUT2D eigenvalue weighted by molar-refractivity contribution is -0.134. The van der Waals surface area contributed by atoms with Gasteiger partial charge in [0.2, 0.25) is 5.91 Å². The molecule has 100 valence electrons. The SMILES string of the molecule is COC1CCN(C(=O)CC2CCCN2)CC1.Cl. The molecule has 0 aromatic heterocycles. The van der Waals surface area contributed by atoms with Gasteiger partial charge in [-0.1, -0.05) is 0 Å². The Hall–Kier alpha value is -0.320. The number of rotatable bonds is 3. The molecular weight excluding hydrogens is 240 g/mol. The molecule has 17 heavy (non-hydrogen) atoms. The third-order valence-corrected chi connectivity index (χ3v) is 3.71. The van der Waals surface area contributed by atoms with Gasteiger partial charge in [-0.2, -0.15) is 0 Å². The topological polar surface area (TPSA) is 41.6 Å². The Morgan fingerprint density at radius 2 is 2.06 bits per heavy atom. The standard InChI is InChI=1S/C12H22N2O2.ClH/c1-16-11-4-7-14(8-5-11)12(15)9-10-3-2-6-13-10;/h10-11,13H,2-9H2,1H3;1H. The monoisotopic (exact) mass is 262 g/mol. The minimum absolute atomic E-state index is 0. The molecule has 2 aliphatic rings. The smallest absolute Gasteiger partial charge is 0.224 e. The zero-order chi connectivity index (χ0) is 11.4. The van der Waals surface area contributed by atoms with E-state index < -0.39 is 0 Å². The number of methoxy groups -OCH3 is 1. The summed E-state index contributed by atoms with van der Waals surface area (Å²) in [6.45, 7) is 2.80. The maximum Gasteiger partial charge on any atom is 0.224 e. The van der Waals surface area contributed by atoms with Crippen molar-refractivity contribution < 1.29 is 9.53 Å². The van der Waals surface area contributed by atoms with Crippen molar-refractivity contribution in [1.29, 1.82) is 0 Å². The molecule has 0 aromatic rings. The van der Waals surface area contributed by atoms with E-state index in [0.29, 0.717) is 24.5 Å². The number of nitrogens with zero attached hydrogens (tertiary/aromatic N) is 1. The zero-order valence-electron chi connectivity index (χ0n) is 10.5. The largest absolute Gasteiger partial charge is 0.381 e. The van der Waals surface area contributed by atoms with Crippen molar-refractivity contribution in [2.24, 2.45) is 0 Å². The fourth-order valence-electron chi connectivity index (χ4n) is 2.61. The van der Waals surface area contributed by atoms with Crippen LogP contribution in [0.5, 0.6) is 0 Å². The van der Waals surface area contributed by atoms with Crippen LogP contribution in [0, 0.1) is 0 Å².